The van der Waals surface area contributed by atoms with E-state index < -0.39 is 0 Å². The molecule has 94 valence electrons. The van der Waals surface area contributed by atoms with E-state index in [1.807, 2.05) is 4.68 Å². The summed E-state index contributed by atoms with van der Waals surface area (Å²) >= 11 is 0. The Labute approximate surface area is 102 Å². The van der Waals surface area contributed by atoms with Crippen molar-refractivity contribution in [2.75, 3.05) is 0 Å². The lowest BCUT2D eigenvalue weighted by Gasteiger charge is -2.14. The van der Waals surface area contributed by atoms with Crippen molar-refractivity contribution in [3.05, 3.63) is 21.6 Å². The molecule has 1 aromatic heterocycles. The highest BCUT2D eigenvalue weighted by Gasteiger charge is 2.22. The average Bonchev–Trinajstić information content (AvgIpc) is 2.57. The van der Waals surface area contributed by atoms with Gasteiger partial charge < -0.3 is 0 Å². The molecule has 1 heterocycles. The van der Waals surface area contributed by atoms with E-state index in [4.69, 9.17) is 0 Å². The van der Waals surface area contributed by atoms with Gasteiger partial charge in [0.25, 0.3) is 5.56 Å². The molecule has 1 N–H and O–H groups in total. The molecule has 1 aromatic rings. The number of hydrogen-bond acceptors (Lipinski definition) is 1. The highest BCUT2D eigenvalue weighted by molar-refractivity contribution is 5.20. The summed E-state index contributed by atoms with van der Waals surface area (Å²) in [7, 11) is 0. The number of nitrogens with zero attached hydrogens (tertiary/aromatic N) is 1. The summed E-state index contributed by atoms with van der Waals surface area (Å²) in [6.07, 6.45) is 12.1. The molecule has 0 bridgehead atoms. The minimum Gasteiger partial charge on any atom is -0.299 e. The number of hydrogen-bond donors (Lipinski definition) is 1. The van der Waals surface area contributed by atoms with Gasteiger partial charge in [0.1, 0.15) is 0 Å². The SMILES string of the molecule is O=c1c2c([nH]n1C1CCCCCC1)CCCC2. The van der Waals surface area contributed by atoms with Gasteiger partial charge in [-0.25, -0.2) is 4.68 Å². The van der Waals surface area contributed by atoms with Crippen LogP contribution in [0.3, 0.4) is 0 Å². The van der Waals surface area contributed by atoms with Gasteiger partial charge in [-0.05, 0) is 38.5 Å². The van der Waals surface area contributed by atoms with E-state index in [1.54, 1.807) is 0 Å². The van der Waals surface area contributed by atoms with Crippen molar-refractivity contribution in [3.63, 3.8) is 0 Å². The van der Waals surface area contributed by atoms with Crippen molar-refractivity contribution >= 4 is 0 Å². The third-order valence-corrected chi connectivity index (χ3v) is 4.39. The first-order valence-corrected chi connectivity index (χ1v) is 7.18. The van der Waals surface area contributed by atoms with E-state index in [-0.39, 0.29) is 5.56 Å². The number of nitrogens with one attached hydrogen (secondary N) is 1. The monoisotopic (exact) mass is 234 g/mol. The van der Waals surface area contributed by atoms with Gasteiger partial charge in [0, 0.05) is 11.3 Å². The van der Waals surface area contributed by atoms with Gasteiger partial charge in [0.05, 0.1) is 6.04 Å². The molecule has 2 aliphatic carbocycles. The zero-order valence-electron chi connectivity index (χ0n) is 10.5. The summed E-state index contributed by atoms with van der Waals surface area (Å²) in [5.74, 6) is 0. The number of aromatic nitrogens is 2. The highest BCUT2D eigenvalue weighted by Crippen LogP contribution is 2.27. The Hall–Kier alpha value is -0.990. The van der Waals surface area contributed by atoms with Crippen molar-refractivity contribution in [1.82, 2.24) is 9.78 Å². The van der Waals surface area contributed by atoms with Gasteiger partial charge in [-0.1, -0.05) is 25.7 Å². The van der Waals surface area contributed by atoms with E-state index in [0.717, 1.165) is 18.4 Å². The summed E-state index contributed by atoms with van der Waals surface area (Å²) in [5, 5.41) is 3.40. The van der Waals surface area contributed by atoms with Crippen molar-refractivity contribution < 1.29 is 0 Å². The Kier molecular flexibility index (Phi) is 3.08. The molecule has 0 spiro atoms. The molecule has 3 rings (SSSR count). The molecule has 0 atom stereocenters. The lowest BCUT2D eigenvalue weighted by Crippen LogP contribution is -2.24. The number of rotatable bonds is 1. The van der Waals surface area contributed by atoms with Crippen molar-refractivity contribution in [2.24, 2.45) is 0 Å². The number of fused-ring (bicyclic) bond motifs is 1. The molecule has 1 fully saturated rings. The van der Waals surface area contributed by atoms with Crippen LogP contribution in [0.5, 0.6) is 0 Å². The minimum atomic E-state index is 0.284. The van der Waals surface area contributed by atoms with Gasteiger partial charge in [0.15, 0.2) is 0 Å². The largest absolute Gasteiger partial charge is 0.299 e. The fourth-order valence-electron chi connectivity index (χ4n) is 3.38. The lowest BCUT2D eigenvalue weighted by atomic mass is 9.98. The van der Waals surface area contributed by atoms with Crippen LogP contribution in [0.1, 0.15) is 68.7 Å². The molecule has 0 aromatic carbocycles. The zero-order valence-corrected chi connectivity index (χ0v) is 10.5. The zero-order chi connectivity index (χ0) is 11.7. The molecular weight excluding hydrogens is 212 g/mol. The summed E-state index contributed by atoms with van der Waals surface area (Å²) in [4.78, 5) is 12.4. The maximum atomic E-state index is 12.4. The van der Waals surface area contributed by atoms with Crippen molar-refractivity contribution in [2.45, 2.75) is 70.3 Å². The van der Waals surface area contributed by atoms with Crippen LogP contribution < -0.4 is 5.56 Å². The Morgan fingerprint density at radius 2 is 1.65 bits per heavy atom. The second-order valence-electron chi connectivity index (χ2n) is 5.60. The van der Waals surface area contributed by atoms with E-state index in [0.29, 0.717) is 6.04 Å². The number of aryl methyl sites for hydroxylation is 1. The molecule has 1 saturated carbocycles. The molecule has 17 heavy (non-hydrogen) atoms. The third-order valence-electron chi connectivity index (χ3n) is 4.39. The smallest absolute Gasteiger partial charge is 0.270 e. The van der Waals surface area contributed by atoms with Crippen molar-refractivity contribution in [1.29, 1.82) is 0 Å². The average molecular weight is 234 g/mol. The first kappa shape index (κ1) is 11.1. The van der Waals surface area contributed by atoms with Gasteiger partial charge in [-0.15, -0.1) is 0 Å². The van der Waals surface area contributed by atoms with Crippen LogP contribution in [-0.4, -0.2) is 9.78 Å². The predicted octanol–water partition coefficient (Wildman–Crippen LogP) is 2.95. The first-order chi connectivity index (χ1) is 8.36. The van der Waals surface area contributed by atoms with Crippen LogP contribution in [0.4, 0.5) is 0 Å². The second-order valence-corrected chi connectivity index (χ2v) is 5.60. The summed E-state index contributed by atoms with van der Waals surface area (Å²) < 4.78 is 1.96. The minimum absolute atomic E-state index is 0.284. The molecule has 0 unspecified atom stereocenters. The van der Waals surface area contributed by atoms with E-state index in [9.17, 15) is 4.79 Å². The molecule has 2 aliphatic rings. The van der Waals surface area contributed by atoms with Crippen LogP contribution in [0.25, 0.3) is 0 Å². The molecule has 3 nitrogen and oxygen atoms in total. The Bertz CT molecular complexity index is 436. The van der Waals surface area contributed by atoms with E-state index in [2.05, 4.69) is 5.10 Å². The van der Waals surface area contributed by atoms with Crippen molar-refractivity contribution in [3.8, 4) is 0 Å². The predicted molar refractivity (Wildman–Crippen MR) is 68.4 cm³/mol. The molecule has 3 heteroatoms. The third kappa shape index (κ3) is 2.07. The number of aromatic amines is 1. The Morgan fingerprint density at radius 1 is 0.941 bits per heavy atom. The Balaban J connectivity index is 1.91. The molecule has 0 radical (unpaired) electrons. The second kappa shape index (κ2) is 4.71. The quantitative estimate of drug-likeness (QED) is 0.745. The van der Waals surface area contributed by atoms with Crippen LogP contribution in [0.15, 0.2) is 4.79 Å². The maximum Gasteiger partial charge on any atom is 0.270 e. The fourth-order valence-corrected chi connectivity index (χ4v) is 3.38. The van der Waals surface area contributed by atoms with Crippen LogP contribution >= 0.6 is 0 Å². The normalized spacial score (nSPS) is 22.1. The van der Waals surface area contributed by atoms with Gasteiger partial charge in [0.2, 0.25) is 0 Å². The first-order valence-electron chi connectivity index (χ1n) is 7.18. The summed E-state index contributed by atoms with van der Waals surface area (Å²) in [6.45, 7) is 0. The lowest BCUT2D eigenvalue weighted by molar-refractivity contribution is 0.393. The Morgan fingerprint density at radius 3 is 2.35 bits per heavy atom. The topological polar surface area (TPSA) is 37.8 Å². The van der Waals surface area contributed by atoms with E-state index in [1.165, 1.54) is 57.1 Å². The van der Waals surface area contributed by atoms with E-state index >= 15 is 0 Å². The van der Waals surface area contributed by atoms with Gasteiger partial charge >= 0.3 is 0 Å². The van der Waals surface area contributed by atoms with Gasteiger partial charge in [-0.2, -0.15) is 0 Å². The van der Waals surface area contributed by atoms with Crippen LogP contribution in [0, 0.1) is 0 Å². The summed E-state index contributed by atoms with van der Waals surface area (Å²) in [5.41, 5.74) is 2.59. The summed E-state index contributed by atoms with van der Waals surface area (Å²) in [6, 6.07) is 0.440. The highest BCUT2D eigenvalue weighted by atomic mass is 16.1. The molecule has 0 amide bonds. The van der Waals surface area contributed by atoms with Crippen LogP contribution in [-0.2, 0) is 12.8 Å². The van der Waals surface area contributed by atoms with Gasteiger partial charge in [-0.3, -0.25) is 9.89 Å². The molecule has 0 aliphatic heterocycles. The standard InChI is InChI=1S/C14H22N2O/c17-14-12-9-5-6-10-13(12)15-16(14)11-7-3-1-2-4-8-11/h11,15H,1-10H2. The van der Waals surface area contributed by atoms with Crippen LogP contribution in [0.2, 0.25) is 0 Å². The molecule has 0 saturated heterocycles. The fraction of sp³-hybridized carbons (Fsp3) is 0.786. The molecular formula is C14H22N2O. The maximum absolute atomic E-state index is 12.4. The number of H-pyrrole nitrogens is 1.